The van der Waals surface area contributed by atoms with Crippen LogP contribution in [-0.4, -0.2) is 53.1 Å². The van der Waals surface area contributed by atoms with Crippen LogP contribution in [0.15, 0.2) is 12.4 Å². The van der Waals surface area contributed by atoms with Crippen LogP contribution >= 0.6 is 0 Å². The number of carbonyl (C=O) groups is 1. The number of sulfone groups is 1. The summed E-state index contributed by atoms with van der Waals surface area (Å²) < 4.78 is 25.5. The van der Waals surface area contributed by atoms with Crippen LogP contribution in [-0.2, 0) is 16.4 Å². The molecular formula is C14H23N3O3S. The molecule has 1 saturated heterocycles. The third-order valence-electron chi connectivity index (χ3n) is 3.78. The van der Waals surface area contributed by atoms with Crippen LogP contribution in [0.5, 0.6) is 0 Å². The number of amides is 1. The van der Waals surface area contributed by atoms with Gasteiger partial charge in [-0.3, -0.25) is 9.48 Å². The second-order valence-corrected chi connectivity index (χ2v) is 8.64. The molecule has 1 aromatic heterocycles. The molecule has 0 spiro atoms. The van der Waals surface area contributed by atoms with Gasteiger partial charge in [0.15, 0.2) is 9.84 Å². The van der Waals surface area contributed by atoms with Gasteiger partial charge in [-0.25, -0.2) is 8.42 Å². The van der Waals surface area contributed by atoms with E-state index in [1.165, 1.54) is 0 Å². The largest absolute Gasteiger partial charge is 0.337 e. The average molecular weight is 313 g/mol. The van der Waals surface area contributed by atoms with Gasteiger partial charge < -0.3 is 4.90 Å². The number of hydrogen-bond donors (Lipinski definition) is 0. The molecule has 1 fully saturated rings. The van der Waals surface area contributed by atoms with Gasteiger partial charge in [0.05, 0.1) is 22.8 Å². The molecule has 7 heteroatoms. The van der Waals surface area contributed by atoms with E-state index in [4.69, 9.17) is 0 Å². The Kier molecular flexibility index (Phi) is 4.70. The summed E-state index contributed by atoms with van der Waals surface area (Å²) in [6.07, 6.45) is 3.80. The minimum Gasteiger partial charge on any atom is -0.337 e. The predicted octanol–water partition coefficient (Wildman–Crippen LogP) is 1.19. The number of carbonyl (C=O) groups excluding carboxylic acids is 1. The minimum absolute atomic E-state index is 0.0417. The Morgan fingerprint density at radius 2 is 2.14 bits per heavy atom. The molecule has 0 radical (unpaired) electrons. The third-order valence-corrected chi connectivity index (χ3v) is 6.00. The fraction of sp³-hybridized carbons (Fsp3) is 0.714. The van der Waals surface area contributed by atoms with Crippen LogP contribution in [0.4, 0.5) is 0 Å². The highest BCUT2D eigenvalue weighted by Crippen LogP contribution is 2.15. The fourth-order valence-electron chi connectivity index (χ4n) is 2.40. The van der Waals surface area contributed by atoms with E-state index >= 15 is 0 Å². The summed E-state index contributed by atoms with van der Waals surface area (Å²) in [7, 11) is -3.07. The maximum Gasteiger partial charge on any atom is 0.257 e. The van der Waals surface area contributed by atoms with E-state index in [2.05, 4.69) is 18.9 Å². The second kappa shape index (κ2) is 6.17. The van der Waals surface area contributed by atoms with E-state index in [-0.39, 0.29) is 23.5 Å². The first-order chi connectivity index (χ1) is 9.79. The number of rotatable bonds is 3. The van der Waals surface area contributed by atoms with Gasteiger partial charge in [-0.1, -0.05) is 13.8 Å². The molecule has 0 saturated carbocycles. The first-order valence-electron chi connectivity index (χ1n) is 7.33. The van der Waals surface area contributed by atoms with Crippen LogP contribution < -0.4 is 0 Å². The zero-order chi connectivity index (χ0) is 15.6. The van der Waals surface area contributed by atoms with Gasteiger partial charge in [-0.05, 0) is 19.3 Å². The molecule has 2 heterocycles. The van der Waals surface area contributed by atoms with Gasteiger partial charge in [-0.15, -0.1) is 0 Å². The maximum absolute atomic E-state index is 12.4. The Morgan fingerprint density at radius 3 is 2.81 bits per heavy atom. The van der Waals surface area contributed by atoms with Crippen molar-refractivity contribution in [1.82, 2.24) is 14.7 Å². The van der Waals surface area contributed by atoms with Crippen molar-refractivity contribution in [3.8, 4) is 0 Å². The number of nitrogens with zero attached hydrogens (tertiary/aromatic N) is 3. The second-order valence-electron chi connectivity index (χ2n) is 6.10. The van der Waals surface area contributed by atoms with E-state index in [0.717, 1.165) is 6.54 Å². The van der Waals surface area contributed by atoms with Crippen LogP contribution in [0.1, 0.15) is 37.6 Å². The highest BCUT2D eigenvalue weighted by Gasteiger charge is 2.29. The van der Waals surface area contributed by atoms with Crippen molar-refractivity contribution in [1.29, 1.82) is 0 Å². The molecule has 1 aromatic rings. The molecule has 6 nitrogen and oxygen atoms in total. The lowest BCUT2D eigenvalue weighted by molar-refractivity contribution is 0.0767. The van der Waals surface area contributed by atoms with Crippen molar-refractivity contribution in [3.63, 3.8) is 0 Å². The SMILES string of the molecule is CC(C)Cn1cc(C(=O)N2CCC(C)S(=O)(=O)CC2)cn1. The van der Waals surface area contributed by atoms with Crippen molar-refractivity contribution in [2.75, 3.05) is 18.8 Å². The summed E-state index contributed by atoms with van der Waals surface area (Å²) in [5.41, 5.74) is 0.530. The summed E-state index contributed by atoms with van der Waals surface area (Å²) in [6.45, 7) is 7.40. The lowest BCUT2D eigenvalue weighted by atomic mass is 10.2. The molecule has 21 heavy (non-hydrogen) atoms. The number of hydrogen-bond acceptors (Lipinski definition) is 4. The van der Waals surface area contributed by atoms with Gasteiger partial charge in [-0.2, -0.15) is 5.10 Å². The molecule has 118 valence electrons. The lowest BCUT2D eigenvalue weighted by Gasteiger charge is -2.18. The molecule has 0 bridgehead atoms. The first kappa shape index (κ1) is 16.0. The zero-order valence-electron chi connectivity index (χ0n) is 12.8. The molecule has 0 aromatic carbocycles. The van der Waals surface area contributed by atoms with E-state index in [1.807, 2.05) is 0 Å². The summed E-state index contributed by atoms with van der Waals surface area (Å²) in [5.74, 6) is 0.367. The lowest BCUT2D eigenvalue weighted by Crippen LogP contribution is -2.33. The quantitative estimate of drug-likeness (QED) is 0.840. The third kappa shape index (κ3) is 3.84. The van der Waals surface area contributed by atoms with Crippen LogP contribution in [0.2, 0.25) is 0 Å². The fourth-order valence-corrected chi connectivity index (χ4v) is 3.74. The molecule has 0 aliphatic carbocycles. The highest BCUT2D eigenvalue weighted by atomic mass is 32.2. The Bertz CT molecular complexity index is 607. The molecule has 1 amide bonds. The van der Waals surface area contributed by atoms with Gasteiger partial charge in [0.2, 0.25) is 0 Å². The standard InChI is InChI=1S/C14H23N3O3S/c1-11(2)9-17-10-13(8-15-17)14(18)16-5-4-12(3)21(19,20)7-6-16/h8,10-12H,4-7,9H2,1-3H3. The molecule has 1 unspecified atom stereocenters. The van der Waals surface area contributed by atoms with Gasteiger partial charge in [0, 0.05) is 25.8 Å². The van der Waals surface area contributed by atoms with Crippen molar-refractivity contribution in [2.45, 2.75) is 39.0 Å². The Morgan fingerprint density at radius 1 is 1.43 bits per heavy atom. The van der Waals surface area contributed by atoms with Crippen molar-refractivity contribution in [3.05, 3.63) is 18.0 Å². The van der Waals surface area contributed by atoms with Crippen molar-refractivity contribution < 1.29 is 13.2 Å². The van der Waals surface area contributed by atoms with Crippen LogP contribution in [0.3, 0.4) is 0 Å². The van der Waals surface area contributed by atoms with Gasteiger partial charge in [0.25, 0.3) is 5.91 Å². The predicted molar refractivity (Wildman–Crippen MR) is 80.8 cm³/mol. The normalized spacial score (nSPS) is 22.3. The molecule has 1 aliphatic heterocycles. The van der Waals surface area contributed by atoms with Gasteiger partial charge >= 0.3 is 0 Å². The summed E-state index contributed by atoms with van der Waals surface area (Å²) >= 11 is 0. The molecule has 0 N–H and O–H groups in total. The zero-order valence-corrected chi connectivity index (χ0v) is 13.6. The summed E-state index contributed by atoms with van der Waals surface area (Å²) in [6, 6.07) is 0. The van der Waals surface area contributed by atoms with Crippen molar-refractivity contribution in [2.24, 2.45) is 5.92 Å². The van der Waals surface area contributed by atoms with E-state index in [9.17, 15) is 13.2 Å². The number of aromatic nitrogens is 2. The Balaban J connectivity index is 2.08. The summed E-state index contributed by atoms with van der Waals surface area (Å²) in [4.78, 5) is 14.1. The van der Waals surface area contributed by atoms with E-state index < -0.39 is 9.84 Å². The van der Waals surface area contributed by atoms with Crippen molar-refractivity contribution >= 4 is 15.7 Å². The van der Waals surface area contributed by atoms with Crippen LogP contribution in [0, 0.1) is 5.92 Å². The van der Waals surface area contributed by atoms with E-state index in [1.54, 1.807) is 28.9 Å². The molecule has 1 atom stereocenters. The Hall–Kier alpha value is -1.37. The summed E-state index contributed by atoms with van der Waals surface area (Å²) in [5, 5.41) is 3.81. The highest BCUT2D eigenvalue weighted by molar-refractivity contribution is 7.92. The average Bonchev–Trinajstić information content (AvgIpc) is 2.79. The smallest absolute Gasteiger partial charge is 0.257 e. The molecular weight excluding hydrogens is 290 g/mol. The monoisotopic (exact) mass is 313 g/mol. The maximum atomic E-state index is 12.4. The van der Waals surface area contributed by atoms with E-state index in [0.29, 0.717) is 24.4 Å². The van der Waals surface area contributed by atoms with Gasteiger partial charge in [0.1, 0.15) is 0 Å². The minimum atomic E-state index is -3.07. The molecule has 2 rings (SSSR count). The van der Waals surface area contributed by atoms with Crippen LogP contribution in [0.25, 0.3) is 0 Å². The molecule has 1 aliphatic rings. The topological polar surface area (TPSA) is 72.3 Å². The Labute approximate surface area is 126 Å². The first-order valence-corrected chi connectivity index (χ1v) is 9.04.